The molecular formula is C14H18F4N2. The van der Waals surface area contributed by atoms with E-state index in [1.54, 1.807) is 13.1 Å². The largest absolute Gasteiger partial charge is 0.390 e. The summed E-state index contributed by atoms with van der Waals surface area (Å²) in [4.78, 5) is 1.46. The molecule has 1 N–H and O–H groups in total. The van der Waals surface area contributed by atoms with Crippen LogP contribution in [0.5, 0.6) is 0 Å². The van der Waals surface area contributed by atoms with Crippen molar-refractivity contribution in [1.29, 1.82) is 0 Å². The monoisotopic (exact) mass is 290 g/mol. The van der Waals surface area contributed by atoms with Crippen LogP contribution in [0.2, 0.25) is 0 Å². The van der Waals surface area contributed by atoms with E-state index in [2.05, 4.69) is 5.32 Å². The number of nitrogens with zero attached hydrogens (tertiary/aromatic N) is 1. The Kier molecular flexibility index (Phi) is 4.52. The second-order valence-electron chi connectivity index (χ2n) is 5.18. The highest BCUT2D eigenvalue weighted by atomic mass is 19.4. The molecule has 0 atom stereocenters. The molecule has 1 aromatic carbocycles. The Morgan fingerprint density at radius 3 is 2.60 bits per heavy atom. The van der Waals surface area contributed by atoms with Crippen LogP contribution in [0, 0.1) is 5.82 Å². The highest BCUT2D eigenvalue weighted by molar-refractivity contribution is 5.53. The van der Waals surface area contributed by atoms with Crippen LogP contribution in [0.4, 0.5) is 23.2 Å². The van der Waals surface area contributed by atoms with Crippen molar-refractivity contribution in [2.24, 2.45) is 0 Å². The van der Waals surface area contributed by atoms with Gasteiger partial charge in [-0.15, -0.1) is 0 Å². The van der Waals surface area contributed by atoms with E-state index in [4.69, 9.17) is 0 Å². The molecule has 0 unspecified atom stereocenters. The Bertz CT molecular complexity index is 455. The lowest BCUT2D eigenvalue weighted by molar-refractivity contribution is -0.132. The third-order valence-electron chi connectivity index (χ3n) is 3.38. The Hall–Kier alpha value is -1.30. The van der Waals surface area contributed by atoms with E-state index in [0.29, 0.717) is 23.8 Å². The van der Waals surface area contributed by atoms with Gasteiger partial charge in [-0.3, -0.25) is 0 Å². The van der Waals surface area contributed by atoms with Crippen LogP contribution in [0.25, 0.3) is 0 Å². The molecule has 0 heterocycles. The predicted molar refractivity (Wildman–Crippen MR) is 70.2 cm³/mol. The third kappa shape index (κ3) is 4.37. The fraction of sp³-hybridized carbons (Fsp3) is 0.571. The van der Waals surface area contributed by atoms with Crippen molar-refractivity contribution in [3.05, 3.63) is 29.6 Å². The van der Waals surface area contributed by atoms with Crippen molar-refractivity contribution in [2.75, 3.05) is 18.5 Å². The van der Waals surface area contributed by atoms with Gasteiger partial charge in [-0.05, 0) is 25.0 Å². The molecule has 1 aromatic rings. The number of hydrogen-bond acceptors (Lipinski definition) is 2. The van der Waals surface area contributed by atoms with Gasteiger partial charge >= 0.3 is 6.18 Å². The van der Waals surface area contributed by atoms with Gasteiger partial charge in [-0.1, -0.05) is 6.07 Å². The second kappa shape index (κ2) is 5.99. The summed E-state index contributed by atoms with van der Waals surface area (Å²) in [5.41, 5.74) is 0.950. The highest BCUT2D eigenvalue weighted by Crippen LogP contribution is 2.27. The maximum absolute atomic E-state index is 13.9. The summed E-state index contributed by atoms with van der Waals surface area (Å²) in [5.74, 6) is -0.380. The number of anilines is 1. The number of benzene rings is 1. The average molecular weight is 290 g/mol. The fourth-order valence-electron chi connectivity index (χ4n) is 2.03. The zero-order chi connectivity index (χ0) is 14.8. The molecule has 2 rings (SSSR count). The van der Waals surface area contributed by atoms with E-state index in [9.17, 15) is 17.6 Å². The summed E-state index contributed by atoms with van der Waals surface area (Å²) in [6.45, 7) is 0.173. The van der Waals surface area contributed by atoms with E-state index in [1.165, 1.54) is 17.0 Å². The fourth-order valence-corrected chi connectivity index (χ4v) is 2.03. The lowest BCUT2D eigenvalue weighted by atomic mass is 10.1. The molecule has 1 aliphatic rings. The maximum atomic E-state index is 13.9. The summed E-state index contributed by atoms with van der Waals surface area (Å²) in [7, 11) is 1.56. The molecule has 0 spiro atoms. The number of rotatable bonds is 6. The lowest BCUT2D eigenvalue weighted by Gasteiger charge is -2.23. The van der Waals surface area contributed by atoms with Gasteiger partial charge in [0.05, 0.1) is 6.42 Å². The first-order chi connectivity index (χ1) is 9.37. The number of hydrogen-bond donors (Lipinski definition) is 1. The van der Waals surface area contributed by atoms with E-state index >= 15 is 0 Å². The molecular weight excluding hydrogens is 272 g/mol. The minimum atomic E-state index is -4.20. The first kappa shape index (κ1) is 15.1. The van der Waals surface area contributed by atoms with Gasteiger partial charge in [0.15, 0.2) is 0 Å². The Balaban J connectivity index is 2.06. The Morgan fingerprint density at radius 2 is 2.00 bits per heavy atom. The van der Waals surface area contributed by atoms with Gasteiger partial charge in [-0.25, -0.2) is 4.39 Å². The molecule has 0 aromatic heterocycles. The molecule has 0 aliphatic heterocycles. The minimum Gasteiger partial charge on any atom is -0.374 e. The van der Waals surface area contributed by atoms with Gasteiger partial charge in [0.1, 0.15) is 5.82 Å². The van der Waals surface area contributed by atoms with Crippen LogP contribution in [-0.4, -0.2) is 25.8 Å². The molecule has 1 aliphatic carbocycles. The Labute approximate surface area is 115 Å². The number of nitrogens with one attached hydrogen (secondary N) is 1. The van der Waals surface area contributed by atoms with Crippen LogP contribution in [0.3, 0.4) is 0 Å². The number of alkyl halides is 3. The van der Waals surface area contributed by atoms with Gasteiger partial charge in [-0.2, -0.15) is 13.2 Å². The van der Waals surface area contributed by atoms with Crippen LogP contribution in [0.15, 0.2) is 18.2 Å². The topological polar surface area (TPSA) is 15.3 Å². The van der Waals surface area contributed by atoms with E-state index in [-0.39, 0.29) is 12.4 Å². The molecule has 1 fully saturated rings. The summed E-state index contributed by atoms with van der Waals surface area (Å²) in [5, 5.41) is 3.19. The first-order valence-electron chi connectivity index (χ1n) is 6.65. The van der Waals surface area contributed by atoms with Crippen molar-refractivity contribution in [3.8, 4) is 0 Å². The lowest BCUT2D eigenvalue weighted by Crippen LogP contribution is -2.26. The molecule has 0 saturated heterocycles. The van der Waals surface area contributed by atoms with Crippen molar-refractivity contribution in [3.63, 3.8) is 0 Å². The van der Waals surface area contributed by atoms with E-state index in [1.807, 2.05) is 0 Å². The van der Waals surface area contributed by atoms with Crippen LogP contribution < -0.4 is 10.2 Å². The van der Waals surface area contributed by atoms with Crippen molar-refractivity contribution < 1.29 is 17.6 Å². The van der Waals surface area contributed by atoms with Crippen LogP contribution in [0.1, 0.15) is 24.8 Å². The van der Waals surface area contributed by atoms with Crippen molar-refractivity contribution in [2.45, 2.75) is 38.0 Å². The summed E-state index contributed by atoms with van der Waals surface area (Å²) < 4.78 is 50.6. The molecule has 0 radical (unpaired) electrons. The normalized spacial score (nSPS) is 15.4. The quantitative estimate of drug-likeness (QED) is 0.807. The summed E-state index contributed by atoms with van der Waals surface area (Å²) in [6.07, 6.45) is -2.95. The molecule has 1 saturated carbocycles. The Morgan fingerprint density at radius 1 is 1.30 bits per heavy atom. The third-order valence-corrected chi connectivity index (χ3v) is 3.38. The standard InChI is InChI=1S/C14H18F4N2/c1-20(8-7-14(16,17)18)13-4-2-3-12(15)11(13)9-19-10-5-6-10/h2-4,10,19H,5-9H2,1H3. The molecule has 20 heavy (non-hydrogen) atoms. The minimum absolute atomic E-state index is 0.177. The second-order valence-corrected chi connectivity index (χ2v) is 5.18. The zero-order valence-electron chi connectivity index (χ0n) is 11.3. The van der Waals surface area contributed by atoms with Gasteiger partial charge in [0, 0.05) is 37.4 Å². The van der Waals surface area contributed by atoms with E-state index < -0.39 is 12.6 Å². The number of halogens is 4. The SMILES string of the molecule is CN(CCC(F)(F)F)c1cccc(F)c1CNC1CC1. The average Bonchev–Trinajstić information content (AvgIpc) is 3.17. The van der Waals surface area contributed by atoms with Gasteiger partial charge < -0.3 is 10.2 Å². The zero-order valence-corrected chi connectivity index (χ0v) is 11.3. The predicted octanol–water partition coefficient (Wildman–Crippen LogP) is 3.47. The van der Waals surface area contributed by atoms with Crippen LogP contribution >= 0.6 is 0 Å². The van der Waals surface area contributed by atoms with E-state index in [0.717, 1.165) is 12.8 Å². The first-order valence-corrected chi connectivity index (χ1v) is 6.65. The summed E-state index contributed by atoms with van der Waals surface area (Å²) >= 11 is 0. The maximum Gasteiger partial charge on any atom is 0.390 e. The molecule has 0 bridgehead atoms. The molecule has 0 amide bonds. The highest BCUT2D eigenvalue weighted by Gasteiger charge is 2.28. The van der Waals surface area contributed by atoms with Crippen LogP contribution in [-0.2, 0) is 6.54 Å². The van der Waals surface area contributed by atoms with Gasteiger partial charge in [0.2, 0.25) is 0 Å². The van der Waals surface area contributed by atoms with Gasteiger partial charge in [0.25, 0.3) is 0 Å². The molecule has 6 heteroatoms. The summed E-state index contributed by atoms with van der Waals surface area (Å²) in [6, 6.07) is 4.94. The van der Waals surface area contributed by atoms with Crippen molar-refractivity contribution >= 4 is 5.69 Å². The molecule has 112 valence electrons. The smallest absolute Gasteiger partial charge is 0.374 e. The van der Waals surface area contributed by atoms with Crippen molar-refractivity contribution in [1.82, 2.24) is 5.32 Å². The molecule has 2 nitrogen and oxygen atoms in total.